The highest BCUT2D eigenvalue weighted by molar-refractivity contribution is 6.68. The smallest absolute Gasteiger partial charge is 0.340 e. The van der Waals surface area contributed by atoms with Crippen LogP contribution in [0, 0.1) is 0 Å². The van der Waals surface area contributed by atoms with Crippen molar-refractivity contribution in [2.75, 3.05) is 0 Å². The Kier molecular flexibility index (Phi) is 4.77. The van der Waals surface area contributed by atoms with Crippen molar-refractivity contribution in [3.05, 3.63) is 70.2 Å². The fourth-order valence-electron chi connectivity index (χ4n) is 1.64. The third-order valence-corrected chi connectivity index (χ3v) is 3.25. The van der Waals surface area contributed by atoms with E-state index in [0.29, 0.717) is 0 Å². The molecule has 0 saturated heterocycles. The van der Waals surface area contributed by atoms with Crippen LogP contribution in [0.4, 0.5) is 0 Å². The second-order valence-corrected chi connectivity index (χ2v) is 4.72. The first-order chi connectivity index (χ1) is 9.59. The van der Waals surface area contributed by atoms with Crippen molar-refractivity contribution >= 4 is 34.4 Å². The largest absolute Gasteiger partial charge is 0.457 e. The maximum absolute atomic E-state index is 12.0. The van der Waals surface area contributed by atoms with Gasteiger partial charge in [-0.05, 0) is 29.3 Å². The van der Waals surface area contributed by atoms with E-state index in [-0.39, 0.29) is 22.8 Å². The quantitative estimate of drug-likeness (QED) is 0.631. The molecule has 0 spiro atoms. The van der Waals surface area contributed by atoms with Gasteiger partial charge in [0.25, 0.3) is 5.24 Å². The molecule has 2 aromatic rings. The van der Waals surface area contributed by atoms with Crippen molar-refractivity contribution in [1.29, 1.82) is 0 Å². The van der Waals surface area contributed by atoms with Crippen LogP contribution in [0.25, 0.3) is 0 Å². The lowest BCUT2D eigenvalue weighted by Crippen LogP contribution is -2.07. The summed E-state index contributed by atoms with van der Waals surface area (Å²) in [5, 5.41) is -0.710. The number of hydrogen-bond donors (Lipinski definition) is 0. The topological polar surface area (TPSA) is 43.4 Å². The molecule has 0 aromatic heterocycles. The van der Waals surface area contributed by atoms with Gasteiger partial charge in [-0.1, -0.05) is 48.0 Å². The summed E-state index contributed by atoms with van der Waals surface area (Å²) in [6.45, 7) is 0.134. The molecule has 0 atom stereocenters. The van der Waals surface area contributed by atoms with Crippen LogP contribution in [0.3, 0.4) is 0 Å². The highest BCUT2D eigenvalue weighted by atomic mass is 35.5. The molecule has 0 aliphatic carbocycles. The second-order valence-electron chi connectivity index (χ2n) is 4.00. The van der Waals surface area contributed by atoms with E-state index in [0.717, 1.165) is 5.56 Å². The summed E-state index contributed by atoms with van der Waals surface area (Å²) in [7, 11) is 0. The number of rotatable bonds is 4. The van der Waals surface area contributed by atoms with Gasteiger partial charge in [-0.3, -0.25) is 4.79 Å². The molecule has 20 heavy (non-hydrogen) atoms. The molecule has 5 heteroatoms. The van der Waals surface area contributed by atoms with Crippen LogP contribution in [0.15, 0.2) is 48.5 Å². The standard InChI is InChI=1S/C15H10Cl2O3/c16-13-11(14(17)18)7-4-8-12(13)15(19)20-9-10-5-2-1-3-6-10/h1-8H,9H2. The van der Waals surface area contributed by atoms with Crippen LogP contribution in [0.5, 0.6) is 0 Å². The Hall–Kier alpha value is -1.84. The zero-order valence-corrected chi connectivity index (χ0v) is 11.8. The average Bonchev–Trinajstić information content (AvgIpc) is 2.46. The van der Waals surface area contributed by atoms with Gasteiger partial charge in [0, 0.05) is 0 Å². The van der Waals surface area contributed by atoms with Gasteiger partial charge >= 0.3 is 5.97 Å². The molecule has 102 valence electrons. The summed E-state index contributed by atoms with van der Waals surface area (Å²) < 4.78 is 5.15. The molecule has 0 heterocycles. The van der Waals surface area contributed by atoms with Crippen LogP contribution in [-0.2, 0) is 11.3 Å². The monoisotopic (exact) mass is 308 g/mol. The van der Waals surface area contributed by atoms with Gasteiger partial charge in [-0.2, -0.15) is 0 Å². The van der Waals surface area contributed by atoms with Crippen LogP contribution in [0.2, 0.25) is 5.02 Å². The lowest BCUT2D eigenvalue weighted by Gasteiger charge is -2.08. The van der Waals surface area contributed by atoms with Crippen molar-refractivity contribution < 1.29 is 14.3 Å². The van der Waals surface area contributed by atoms with Gasteiger partial charge in [-0.15, -0.1) is 0 Å². The van der Waals surface area contributed by atoms with E-state index < -0.39 is 11.2 Å². The van der Waals surface area contributed by atoms with Crippen LogP contribution in [-0.4, -0.2) is 11.2 Å². The van der Waals surface area contributed by atoms with Gasteiger partial charge in [0.1, 0.15) is 6.61 Å². The molecule has 3 nitrogen and oxygen atoms in total. The maximum Gasteiger partial charge on any atom is 0.340 e. The normalized spacial score (nSPS) is 10.1. The molecule has 0 bridgehead atoms. The lowest BCUT2D eigenvalue weighted by molar-refractivity contribution is 0.0473. The molecule has 0 N–H and O–H groups in total. The van der Waals surface area contributed by atoms with E-state index in [1.165, 1.54) is 18.2 Å². The van der Waals surface area contributed by atoms with Crippen molar-refractivity contribution in [1.82, 2.24) is 0 Å². The number of ether oxygens (including phenoxy) is 1. The second kappa shape index (κ2) is 6.55. The van der Waals surface area contributed by atoms with Gasteiger partial charge in [0.05, 0.1) is 16.1 Å². The molecule has 0 fully saturated rings. The molecule has 0 aliphatic rings. The zero-order chi connectivity index (χ0) is 14.5. The molecule has 0 amide bonds. The van der Waals surface area contributed by atoms with Crippen LogP contribution in [0.1, 0.15) is 26.3 Å². The predicted octanol–water partition coefficient (Wildman–Crippen LogP) is 4.08. The van der Waals surface area contributed by atoms with Crippen molar-refractivity contribution in [2.45, 2.75) is 6.61 Å². The Labute approximate surface area is 126 Å². The molecule has 0 aliphatic heterocycles. The molecule has 0 saturated carbocycles. The summed E-state index contributed by atoms with van der Waals surface area (Å²) in [6, 6.07) is 13.7. The minimum atomic E-state index is -0.715. The number of halogens is 2. The third kappa shape index (κ3) is 3.38. The minimum Gasteiger partial charge on any atom is -0.457 e. The summed E-state index contributed by atoms with van der Waals surface area (Å²) in [4.78, 5) is 23.1. The first-order valence-corrected chi connectivity index (χ1v) is 6.54. The Morgan fingerprint density at radius 1 is 0.950 bits per heavy atom. The Balaban J connectivity index is 2.14. The SMILES string of the molecule is O=C(Cl)c1cccc(C(=O)OCc2ccccc2)c1Cl. The third-order valence-electron chi connectivity index (χ3n) is 2.64. The number of carbonyl (C=O) groups is 2. The van der Waals surface area contributed by atoms with E-state index in [1.54, 1.807) is 0 Å². The Bertz CT molecular complexity index is 639. The van der Waals surface area contributed by atoms with Gasteiger partial charge < -0.3 is 4.74 Å². The lowest BCUT2D eigenvalue weighted by atomic mass is 10.1. The highest BCUT2D eigenvalue weighted by Gasteiger charge is 2.17. The van der Waals surface area contributed by atoms with Crippen LogP contribution < -0.4 is 0 Å². The van der Waals surface area contributed by atoms with E-state index in [9.17, 15) is 9.59 Å². The maximum atomic E-state index is 12.0. The Morgan fingerprint density at radius 3 is 2.25 bits per heavy atom. The molecular weight excluding hydrogens is 299 g/mol. The van der Waals surface area contributed by atoms with E-state index in [1.807, 2.05) is 30.3 Å². The fraction of sp³-hybridized carbons (Fsp3) is 0.0667. The highest BCUT2D eigenvalue weighted by Crippen LogP contribution is 2.23. The average molecular weight is 309 g/mol. The molecule has 2 aromatic carbocycles. The van der Waals surface area contributed by atoms with Gasteiger partial charge in [0.15, 0.2) is 0 Å². The first kappa shape index (κ1) is 14.6. The fourth-order valence-corrected chi connectivity index (χ4v) is 2.14. The summed E-state index contributed by atoms with van der Waals surface area (Å²) in [5.74, 6) is -0.599. The molecule has 0 unspecified atom stereocenters. The van der Waals surface area contributed by atoms with Gasteiger partial charge in [0.2, 0.25) is 0 Å². The summed E-state index contributed by atoms with van der Waals surface area (Å²) in [6.07, 6.45) is 0. The number of esters is 1. The summed E-state index contributed by atoms with van der Waals surface area (Å²) in [5.41, 5.74) is 1.07. The first-order valence-electron chi connectivity index (χ1n) is 5.79. The number of carbonyl (C=O) groups excluding carboxylic acids is 2. The summed E-state index contributed by atoms with van der Waals surface area (Å²) >= 11 is 11.4. The van der Waals surface area contributed by atoms with Crippen molar-refractivity contribution in [2.24, 2.45) is 0 Å². The van der Waals surface area contributed by atoms with E-state index in [4.69, 9.17) is 27.9 Å². The van der Waals surface area contributed by atoms with Crippen LogP contribution >= 0.6 is 23.2 Å². The Morgan fingerprint density at radius 2 is 1.60 bits per heavy atom. The molecule has 2 rings (SSSR count). The molecule has 0 radical (unpaired) electrons. The van der Waals surface area contributed by atoms with Crippen molar-refractivity contribution in [3.63, 3.8) is 0 Å². The van der Waals surface area contributed by atoms with E-state index in [2.05, 4.69) is 0 Å². The predicted molar refractivity (Wildman–Crippen MR) is 77.2 cm³/mol. The molecular formula is C15H10Cl2O3. The minimum absolute atomic E-state index is 0.00515. The number of benzene rings is 2. The zero-order valence-electron chi connectivity index (χ0n) is 10.3. The van der Waals surface area contributed by atoms with Gasteiger partial charge in [-0.25, -0.2) is 4.79 Å². The van der Waals surface area contributed by atoms with E-state index >= 15 is 0 Å². The number of hydrogen-bond acceptors (Lipinski definition) is 3. The van der Waals surface area contributed by atoms with Crippen molar-refractivity contribution in [3.8, 4) is 0 Å².